The van der Waals surface area contributed by atoms with E-state index < -0.39 is 11.6 Å². The van der Waals surface area contributed by atoms with Crippen molar-refractivity contribution >= 4 is 0 Å². The molecule has 1 unspecified atom stereocenters. The van der Waals surface area contributed by atoms with Gasteiger partial charge in [-0.15, -0.1) is 0 Å². The summed E-state index contributed by atoms with van der Waals surface area (Å²) >= 11 is 0. The van der Waals surface area contributed by atoms with E-state index in [0.717, 1.165) is 13.1 Å². The van der Waals surface area contributed by atoms with Crippen LogP contribution in [0.4, 0.5) is 8.78 Å². The Morgan fingerprint density at radius 2 is 1.86 bits per heavy atom. The van der Waals surface area contributed by atoms with Gasteiger partial charge in [0.1, 0.15) is 0 Å². The van der Waals surface area contributed by atoms with E-state index in [0.29, 0.717) is 29.7 Å². The minimum atomic E-state index is -0.729. The summed E-state index contributed by atoms with van der Waals surface area (Å²) in [6.07, 6.45) is 5.64. The van der Waals surface area contributed by atoms with E-state index >= 15 is 0 Å². The first-order chi connectivity index (χ1) is 10.1. The van der Waals surface area contributed by atoms with Crippen molar-refractivity contribution in [2.45, 2.75) is 46.0 Å². The molecule has 0 aromatic heterocycles. The molecule has 0 spiro atoms. The molecule has 1 N–H and O–H groups in total. The van der Waals surface area contributed by atoms with E-state index in [1.165, 1.54) is 31.7 Å². The van der Waals surface area contributed by atoms with Crippen molar-refractivity contribution in [1.82, 2.24) is 5.32 Å². The Labute approximate surface area is 127 Å². The molecule has 1 aliphatic rings. The number of benzene rings is 1. The summed E-state index contributed by atoms with van der Waals surface area (Å²) in [5, 5.41) is 3.50. The van der Waals surface area contributed by atoms with Crippen molar-refractivity contribution in [2.75, 3.05) is 13.1 Å². The van der Waals surface area contributed by atoms with Gasteiger partial charge in [-0.25, -0.2) is 8.78 Å². The standard InChI is InChI=1S/C18H27F2N/c1-13(2)11-21-12-16(14-6-3-4-7-14)10-15-8-5-9-17(19)18(15)20/h5,8-9,13-14,16,21H,3-4,6-7,10-12H2,1-2H3. The van der Waals surface area contributed by atoms with Crippen LogP contribution in [0.15, 0.2) is 18.2 Å². The maximum atomic E-state index is 13.9. The number of rotatable bonds is 7. The predicted octanol–water partition coefficient (Wildman–Crippen LogP) is 4.56. The Hall–Kier alpha value is -0.960. The predicted molar refractivity (Wildman–Crippen MR) is 83.2 cm³/mol. The Balaban J connectivity index is 2.02. The molecule has 0 heterocycles. The van der Waals surface area contributed by atoms with Crippen molar-refractivity contribution in [3.8, 4) is 0 Å². The minimum Gasteiger partial charge on any atom is -0.316 e. The average molecular weight is 295 g/mol. The average Bonchev–Trinajstić information content (AvgIpc) is 2.96. The van der Waals surface area contributed by atoms with Crippen LogP contribution in [-0.2, 0) is 6.42 Å². The summed E-state index contributed by atoms with van der Waals surface area (Å²) in [5.41, 5.74) is 0.526. The smallest absolute Gasteiger partial charge is 0.162 e. The molecule has 0 radical (unpaired) electrons. The quantitative estimate of drug-likeness (QED) is 0.777. The molecule has 0 aliphatic heterocycles. The van der Waals surface area contributed by atoms with Crippen LogP contribution in [0.3, 0.4) is 0 Å². The fourth-order valence-electron chi connectivity index (χ4n) is 3.38. The maximum Gasteiger partial charge on any atom is 0.162 e. The van der Waals surface area contributed by atoms with Gasteiger partial charge in [0.25, 0.3) is 0 Å². The number of halogens is 2. The van der Waals surface area contributed by atoms with Crippen LogP contribution < -0.4 is 5.32 Å². The zero-order valence-electron chi connectivity index (χ0n) is 13.2. The highest BCUT2D eigenvalue weighted by atomic mass is 19.2. The molecule has 21 heavy (non-hydrogen) atoms. The van der Waals surface area contributed by atoms with Crippen LogP contribution >= 0.6 is 0 Å². The van der Waals surface area contributed by atoms with Gasteiger partial charge in [0.15, 0.2) is 11.6 Å². The summed E-state index contributed by atoms with van der Waals surface area (Å²) in [6, 6.07) is 4.53. The summed E-state index contributed by atoms with van der Waals surface area (Å²) in [6.45, 7) is 6.25. The van der Waals surface area contributed by atoms with Crippen LogP contribution in [0.2, 0.25) is 0 Å². The molecule has 0 bridgehead atoms. The van der Waals surface area contributed by atoms with Gasteiger partial charge in [-0.1, -0.05) is 51.7 Å². The van der Waals surface area contributed by atoms with Crippen molar-refractivity contribution in [1.29, 1.82) is 0 Å². The van der Waals surface area contributed by atoms with Gasteiger partial charge in [-0.2, -0.15) is 0 Å². The van der Waals surface area contributed by atoms with Crippen molar-refractivity contribution in [3.63, 3.8) is 0 Å². The minimum absolute atomic E-state index is 0.405. The molecule has 118 valence electrons. The van der Waals surface area contributed by atoms with Crippen LogP contribution in [-0.4, -0.2) is 13.1 Å². The molecule has 1 nitrogen and oxygen atoms in total. The Kier molecular flexibility index (Phi) is 6.16. The lowest BCUT2D eigenvalue weighted by Crippen LogP contribution is -2.31. The van der Waals surface area contributed by atoms with E-state index in [9.17, 15) is 8.78 Å². The summed E-state index contributed by atoms with van der Waals surface area (Å²) in [5.74, 6) is 0.271. The van der Waals surface area contributed by atoms with Gasteiger partial charge < -0.3 is 5.32 Å². The monoisotopic (exact) mass is 295 g/mol. The molecule has 1 aromatic rings. The van der Waals surface area contributed by atoms with Gasteiger partial charge in [-0.3, -0.25) is 0 Å². The van der Waals surface area contributed by atoms with Crippen LogP contribution in [0, 0.1) is 29.4 Å². The molecular formula is C18H27F2N. The molecule has 1 aliphatic carbocycles. The second-order valence-corrected chi connectivity index (χ2v) is 6.77. The number of hydrogen-bond donors (Lipinski definition) is 1. The lowest BCUT2D eigenvalue weighted by atomic mass is 9.85. The molecule has 0 amide bonds. The van der Waals surface area contributed by atoms with Crippen LogP contribution in [0.25, 0.3) is 0 Å². The summed E-state index contributed by atoms with van der Waals surface area (Å²) in [4.78, 5) is 0. The second kappa shape index (κ2) is 7.88. The largest absolute Gasteiger partial charge is 0.316 e. The Bertz CT molecular complexity index is 439. The van der Waals surface area contributed by atoms with E-state index in [4.69, 9.17) is 0 Å². The molecule has 1 saturated carbocycles. The fourth-order valence-corrected chi connectivity index (χ4v) is 3.38. The van der Waals surface area contributed by atoms with Gasteiger partial charge in [0, 0.05) is 0 Å². The first kappa shape index (κ1) is 16.4. The lowest BCUT2D eigenvalue weighted by Gasteiger charge is -2.25. The molecule has 0 saturated heterocycles. The van der Waals surface area contributed by atoms with E-state index in [1.807, 2.05) is 0 Å². The van der Waals surface area contributed by atoms with Crippen molar-refractivity contribution < 1.29 is 8.78 Å². The highest BCUT2D eigenvalue weighted by molar-refractivity contribution is 5.19. The molecule has 1 aromatic carbocycles. The van der Waals surface area contributed by atoms with Crippen LogP contribution in [0.1, 0.15) is 45.1 Å². The van der Waals surface area contributed by atoms with Crippen molar-refractivity contribution in [3.05, 3.63) is 35.4 Å². The molecular weight excluding hydrogens is 268 g/mol. The normalized spacial score (nSPS) is 17.6. The van der Waals surface area contributed by atoms with E-state index in [1.54, 1.807) is 12.1 Å². The van der Waals surface area contributed by atoms with Gasteiger partial charge in [0.2, 0.25) is 0 Å². The van der Waals surface area contributed by atoms with Gasteiger partial charge >= 0.3 is 0 Å². The molecule has 1 atom stereocenters. The summed E-state index contributed by atoms with van der Waals surface area (Å²) < 4.78 is 27.3. The highest BCUT2D eigenvalue weighted by Crippen LogP contribution is 2.33. The third-order valence-corrected chi connectivity index (χ3v) is 4.54. The zero-order chi connectivity index (χ0) is 15.2. The number of hydrogen-bond acceptors (Lipinski definition) is 1. The maximum absolute atomic E-state index is 13.9. The SMILES string of the molecule is CC(C)CNCC(Cc1cccc(F)c1F)C1CCCC1. The topological polar surface area (TPSA) is 12.0 Å². The first-order valence-corrected chi connectivity index (χ1v) is 8.21. The molecule has 1 fully saturated rings. The highest BCUT2D eigenvalue weighted by Gasteiger charge is 2.26. The lowest BCUT2D eigenvalue weighted by molar-refractivity contribution is 0.312. The third-order valence-electron chi connectivity index (χ3n) is 4.54. The fraction of sp³-hybridized carbons (Fsp3) is 0.667. The van der Waals surface area contributed by atoms with E-state index in [-0.39, 0.29) is 0 Å². The first-order valence-electron chi connectivity index (χ1n) is 8.21. The zero-order valence-corrected chi connectivity index (χ0v) is 13.2. The van der Waals surface area contributed by atoms with Gasteiger partial charge in [-0.05, 0) is 48.9 Å². The van der Waals surface area contributed by atoms with E-state index in [2.05, 4.69) is 19.2 Å². The Morgan fingerprint density at radius 3 is 2.52 bits per heavy atom. The number of nitrogens with one attached hydrogen (secondary N) is 1. The van der Waals surface area contributed by atoms with Crippen LogP contribution in [0.5, 0.6) is 0 Å². The Morgan fingerprint density at radius 1 is 1.14 bits per heavy atom. The van der Waals surface area contributed by atoms with Crippen molar-refractivity contribution in [2.24, 2.45) is 17.8 Å². The third kappa shape index (κ3) is 4.77. The molecule has 3 heteroatoms. The van der Waals surface area contributed by atoms with Gasteiger partial charge in [0.05, 0.1) is 0 Å². The molecule has 2 rings (SSSR count). The summed E-state index contributed by atoms with van der Waals surface area (Å²) in [7, 11) is 0. The second-order valence-electron chi connectivity index (χ2n) is 6.77.